The van der Waals surface area contributed by atoms with Gasteiger partial charge >= 0.3 is 7.60 Å². The highest BCUT2D eigenvalue weighted by molar-refractivity contribution is 7.54. The standard InChI is InChI=1S/C14H24NO4P/c1-3-18-20(16,19-4-2)14(13-7-5-6-8-13)15-9-11-17-12-10-15/h5-7,14H,3-4,8-12H2,1-2H3. The van der Waals surface area contributed by atoms with Crippen molar-refractivity contribution in [3.05, 3.63) is 23.8 Å². The van der Waals surface area contributed by atoms with Crippen LogP contribution in [0.15, 0.2) is 23.8 Å². The van der Waals surface area contributed by atoms with Crippen LogP contribution in [0.5, 0.6) is 0 Å². The van der Waals surface area contributed by atoms with Gasteiger partial charge in [0.1, 0.15) is 5.78 Å². The highest BCUT2D eigenvalue weighted by atomic mass is 31.2. The lowest BCUT2D eigenvalue weighted by molar-refractivity contribution is 0.0296. The van der Waals surface area contributed by atoms with Crippen molar-refractivity contribution in [1.29, 1.82) is 0 Å². The first-order valence-corrected chi connectivity index (χ1v) is 8.88. The van der Waals surface area contributed by atoms with Crippen LogP contribution in [0.3, 0.4) is 0 Å². The number of hydrogen-bond donors (Lipinski definition) is 0. The maximum absolute atomic E-state index is 13.2. The topological polar surface area (TPSA) is 48.0 Å². The molecular weight excluding hydrogens is 277 g/mol. The molecule has 0 saturated carbocycles. The summed E-state index contributed by atoms with van der Waals surface area (Å²) in [6, 6.07) is 0. The molecule has 1 aliphatic carbocycles. The summed E-state index contributed by atoms with van der Waals surface area (Å²) in [6.45, 7) is 7.31. The molecule has 0 spiro atoms. The molecule has 0 aromatic rings. The minimum atomic E-state index is -3.19. The van der Waals surface area contributed by atoms with Gasteiger partial charge in [-0.15, -0.1) is 0 Å². The molecule has 6 heteroatoms. The van der Waals surface area contributed by atoms with Crippen LogP contribution >= 0.6 is 7.60 Å². The van der Waals surface area contributed by atoms with Crippen LogP contribution < -0.4 is 0 Å². The third-order valence-electron chi connectivity index (χ3n) is 3.44. The lowest BCUT2D eigenvalue weighted by Gasteiger charge is -2.38. The molecule has 0 bridgehead atoms. The molecule has 20 heavy (non-hydrogen) atoms. The van der Waals surface area contributed by atoms with E-state index < -0.39 is 7.60 Å². The summed E-state index contributed by atoms with van der Waals surface area (Å²) in [4.78, 5) is 2.18. The van der Waals surface area contributed by atoms with Crippen LogP contribution in [-0.4, -0.2) is 50.2 Å². The normalized spacial score (nSPS) is 22.0. The summed E-state index contributed by atoms with van der Waals surface area (Å²) in [6.07, 6.45) is 6.92. The maximum atomic E-state index is 13.2. The van der Waals surface area contributed by atoms with Gasteiger partial charge in [0.25, 0.3) is 0 Å². The predicted octanol–water partition coefficient (Wildman–Crippen LogP) is 2.80. The fraction of sp³-hybridized carbons (Fsp3) is 0.714. The fourth-order valence-electron chi connectivity index (χ4n) is 2.65. The second-order valence-electron chi connectivity index (χ2n) is 4.77. The van der Waals surface area contributed by atoms with Gasteiger partial charge in [0, 0.05) is 13.1 Å². The molecule has 1 atom stereocenters. The minimum absolute atomic E-state index is 0.290. The Labute approximate surface area is 121 Å². The Hall–Kier alpha value is -0.450. The minimum Gasteiger partial charge on any atom is -0.379 e. The largest absolute Gasteiger partial charge is 0.379 e. The quantitative estimate of drug-likeness (QED) is 0.677. The Morgan fingerprint density at radius 2 is 1.95 bits per heavy atom. The van der Waals surface area contributed by atoms with Crippen LogP contribution in [0.25, 0.3) is 0 Å². The lowest BCUT2D eigenvalue weighted by Crippen LogP contribution is -2.44. The zero-order chi connectivity index (χ0) is 14.4. The number of allylic oxidation sites excluding steroid dienone is 3. The summed E-state index contributed by atoms with van der Waals surface area (Å²) in [5.41, 5.74) is 1.11. The first kappa shape index (κ1) is 15.9. The van der Waals surface area contributed by atoms with Crippen molar-refractivity contribution in [3.63, 3.8) is 0 Å². The molecule has 0 aromatic heterocycles. The van der Waals surface area contributed by atoms with Gasteiger partial charge in [-0.25, -0.2) is 0 Å². The van der Waals surface area contributed by atoms with Gasteiger partial charge < -0.3 is 13.8 Å². The Kier molecular flexibility index (Phi) is 6.00. The van der Waals surface area contributed by atoms with E-state index in [0.29, 0.717) is 26.4 Å². The van der Waals surface area contributed by atoms with E-state index in [1.54, 1.807) is 0 Å². The molecule has 0 amide bonds. The second-order valence-corrected chi connectivity index (χ2v) is 6.86. The van der Waals surface area contributed by atoms with Gasteiger partial charge in [-0.3, -0.25) is 9.46 Å². The average Bonchev–Trinajstić information content (AvgIpc) is 2.94. The summed E-state index contributed by atoms with van der Waals surface area (Å²) >= 11 is 0. The monoisotopic (exact) mass is 301 g/mol. The summed E-state index contributed by atoms with van der Waals surface area (Å²) in [5.74, 6) is -0.290. The van der Waals surface area contributed by atoms with E-state index in [9.17, 15) is 4.57 Å². The van der Waals surface area contributed by atoms with E-state index in [-0.39, 0.29) is 5.78 Å². The maximum Gasteiger partial charge on any atom is 0.351 e. The third kappa shape index (κ3) is 3.60. The summed E-state index contributed by atoms with van der Waals surface area (Å²) in [5, 5.41) is 0. The number of ether oxygens (including phenoxy) is 1. The van der Waals surface area contributed by atoms with Gasteiger partial charge in [0.05, 0.1) is 26.4 Å². The van der Waals surface area contributed by atoms with Crippen LogP contribution in [0.1, 0.15) is 20.3 Å². The van der Waals surface area contributed by atoms with E-state index in [4.69, 9.17) is 13.8 Å². The van der Waals surface area contributed by atoms with Crippen molar-refractivity contribution in [2.24, 2.45) is 0 Å². The number of rotatable bonds is 7. The highest BCUT2D eigenvalue weighted by Crippen LogP contribution is 2.57. The molecule has 114 valence electrons. The zero-order valence-electron chi connectivity index (χ0n) is 12.3. The molecule has 0 aromatic carbocycles. The smallest absolute Gasteiger partial charge is 0.351 e. The molecule has 5 nitrogen and oxygen atoms in total. The van der Waals surface area contributed by atoms with Gasteiger partial charge in [-0.2, -0.15) is 0 Å². The average molecular weight is 301 g/mol. The van der Waals surface area contributed by atoms with Crippen molar-refractivity contribution in [3.8, 4) is 0 Å². The van der Waals surface area contributed by atoms with Crippen molar-refractivity contribution >= 4 is 7.60 Å². The molecule has 1 fully saturated rings. The number of nitrogens with zero attached hydrogens (tertiary/aromatic N) is 1. The Morgan fingerprint density at radius 3 is 2.45 bits per heavy atom. The third-order valence-corrected chi connectivity index (χ3v) is 5.93. The first-order valence-electron chi connectivity index (χ1n) is 7.27. The number of hydrogen-bond acceptors (Lipinski definition) is 5. The molecule has 1 aliphatic heterocycles. The Balaban J connectivity index is 2.25. The lowest BCUT2D eigenvalue weighted by atomic mass is 10.2. The molecule has 1 heterocycles. The first-order chi connectivity index (χ1) is 9.71. The second kappa shape index (κ2) is 7.53. The zero-order valence-corrected chi connectivity index (χ0v) is 13.2. The van der Waals surface area contributed by atoms with E-state index in [0.717, 1.165) is 25.1 Å². The van der Waals surface area contributed by atoms with Gasteiger partial charge in [0.15, 0.2) is 0 Å². The Bertz CT molecular complexity index is 405. The van der Waals surface area contributed by atoms with Crippen molar-refractivity contribution in [2.75, 3.05) is 39.5 Å². The van der Waals surface area contributed by atoms with Gasteiger partial charge in [0.2, 0.25) is 0 Å². The van der Waals surface area contributed by atoms with Crippen molar-refractivity contribution in [2.45, 2.75) is 26.1 Å². The molecule has 1 unspecified atom stereocenters. The predicted molar refractivity (Wildman–Crippen MR) is 78.9 cm³/mol. The molecule has 0 N–H and O–H groups in total. The summed E-state index contributed by atoms with van der Waals surface area (Å²) in [7, 11) is -3.19. The van der Waals surface area contributed by atoms with E-state index in [1.165, 1.54) is 0 Å². The van der Waals surface area contributed by atoms with Crippen molar-refractivity contribution in [1.82, 2.24) is 4.90 Å². The summed E-state index contributed by atoms with van der Waals surface area (Å²) < 4.78 is 29.8. The van der Waals surface area contributed by atoms with Gasteiger partial charge in [-0.1, -0.05) is 18.2 Å². The van der Waals surface area contributed by atoms with Crippen LogP contribution in [0.2, 0.25) is 0 Å². The highest BCUT2D eigenvalue weighted by Gasteiger charge is 2.42. The molecule has 2 aliphatic rings. The molecule has 2 rings (SSSR count). The van der Waals surface area contributed by atoms with Crippen LogP contribution in [-0.2, 0) is 18.3 Å². The van der Waals surface area contributed by atoms with Crippen molar-refractivity contribution < 1.29 is 18.3 Å². The molecule has 1 saturated heterocycles. The van der Waals surface area contributed by atoms with E-state index >= 15 is 0 Å². The molecule has 0 radical (unpaired) electrons. The van der Waals surface area contributed by atoms with Crippen LogP contribution in [0.4, 0.5) is 0 Å². The van der Waals surface area contributed by atoms with E-state index in [1.807, 2.05) is 26.0 Å². The Morgan fingerprint density at radius 1 is 1.30 bits per heavy atom. The van der Waals surface area contributed by atoms with Crippen LogP contribution in [0, 0.1) is 0 Å². The molecular formula is C14H24NO4P. The number of morpholine rings is 1. The SMILES string of the molecule is CCOP(=O)(OCC)C(C1=CC=CC1)N1CCOCC1. The van der Waals surface area contributed by atoms with Gasteiger partial charge in [-0.05, 0) is 25.8 Å². The fourth-order valence-corrected chi connectivity index (χ4v) is 4.96. The van der Waals surface area contributed by atoms with E-state index in [2.05, 4.69) is 11.0 Å².